The van der Waals surface area contributed by atoms with Gasteiger partial charge >= 0.3 is 17.9 Å². The standard InChI is InChI=1S/C14H10O8/c1-6(15)21-10-4-3-8-11(17)9(14(18)19)5-20-12(8)13(10)22-7(2)16/h3-5H,1-2H3,(H,18,19). The Morgan fingerprint density at radius 3 is 2.27 bits per heavy atom. The zero-order valence-corrected chi connectivity index (χ0v) is 11.5. The summed E-state index contributed by atoms with van der Waals surface area (Å²) in [5.41, 5.74) is -1.57. The summed E-state index contributed by atoms with van der Waals surface area (Å²) < 4.78 is 14.9. The normalized spacial score (nSPS) is 10.3. The molecule has 2 aromatic rings. The van der Waals surface area contributed by atoms with Crippen molar-refractivity contribution < 1.29 is 33.4 Å². The topological polar surface area (TPSA) is 120 Å². The number of hydrogen-bond acceptors (Lipinski definition) is 7. The SMILES string of the molecule is CC(=O)Oc1ccc2c(=O)c(C(=O)O)coc2c1OC(C)=O. The number of aromatic carboxylic acids is 1. The van der Waals surface area contributed by atoms with Crippen molar-refractivity contribution in [3.05, 3.63) is 34.2 Å². The van der Waals surface area contributed by atoms with Gasteiger partial charge in [-0.05, 0) is 12.1 Å². The summed E-state index contributed by atoms with van der Waals surface area (Å²) in [5, 5.41) is 8.78. The molecule has 0 amide bonds. The second kappa shape index (κ2) is 5.68. The summed E-state index contributed by atoms with van der Waals surface area (Å²) in [4.78, 5) is 45.2. The van der Waals surface area contributed by atoms with Crippen molar-refractivity contribution in [2.75, 3.05) is 0 Å². The van der Waals surface area contributed by atoms with E-state index in [9.17, 15) is 19.2 Å². The molecule has 22 heavy (non-hydrogen) atoms. The lowest BCUT2D eigenvalue weighted by Crippen LogP contribution is -2.15. The third kappa shape index (κ3) is 2.80. The molecule has 0 atom stereocenters. The van der Waals surface area contributed by atoms with Gasteiger partial charge in [0.05, 0.1) is 5.39 Å². The molecule has 0 aliphatic carbocycles. The molecule has 8 nitrogen and oxygen atoms in total. The monoisotopic (exact) mass is 306 g/mol. The largest absolute Gasteiger partial charge is 0.477 e. The minimum Gasteiger partial charge on any atom is -0.477 e. The molecule has 0 spiro atoms. The van der Waals surface area contributed by atoms with Crippen LogP contribution in [0.4, 0.5) is 0 Å². The van der Waals surface area contributed by atoms with Gasteiger partial charge in [-0.15, -0.1) is 0 Å². The van der Waals surface area contributed by atoms with Crippen LogP contribution in [0.25, 0.3) is 11.0 Å². The summed E-state index contributed by atoms with van der Waals surface area (Å²) in [6.45, 7) is 2.26. The van der Waals surface area contributed by atoms with E-state index in [4.69, 9.17) is 19.0 Å². The first kappa shape index (κ1) is 15.2. The fraction of sp³-hybridized carbons (Fsp3) is 0.143. The van der Waals surface area contributed by atoms with Crippen LogP contribution >= 0.6 is 0 Å². The van der Waals surface area contributed by atoms with Gasteiger partial charge in [0.15, 0.2) is 11.3 Å². The van der Waals surface area contributed by atoms with Crippen LogP contribution in [0.1, 0.15) is 24.2 Å². The van der Waals surface area contributed by atoms with E-state index in [1.807, 2.05) is 0 Å². The number of carboxylic acid groups (broad SMARTS) is 1. The number of fused-ring (bicyclic) bond motifs is 1. The molecule has 0 aliphatic heterocycles. The Hall–Kier alpha value is -3.16. The molecule has 1 N–H and O–H groups in total. The van der Waals surface area contributed by atoms with E-state index in [-0.39, 0.29) is 22.5 Å². The summed E-state index contributed by atoms with van der Waals surface area (Å²) in [7, 11) is 0. The Bertz CT molecular complexity index is 846. The van der Waals surface area contributed by atoms with E-state index in [1.165, 1.54) is 12.1 Å². The second-order valence-corrected chi connectivity index (χ2v) is 4.24. The zero-order chi connectivity index (χ0) is 16.4. The maximum Gasteiger partial charge on any atom is 0.342 e. The average molecular weight is 306 g/mol. The van der Waals surface area contributed by atoms with Crippen LogP contribution in [0.3, 0.4) is 0 Å². The third-order valence-corrected chi connectivity index (χ3v) is 2.59. The van der Waals surface area contributed by atoms with Gasteiger partial charge in [-0.3, -0.25) is 14.4 Å². The van der Waals surface area contributed by atoms with Gasteiger partial charge in [-0.1, -0.05) is 0 Å². The molecule has 0 unspecified atom stereocenters. The number of carbonyl (C=O) groups excluding carboxylic acids is 2. The second-order valence-electron chi connectivity index (χ2n) is 4.24. The summed E-state index contributed by atoms with van der Waals surface area (Å²) in [5.74, 6) is -3.24. The number of carbonyl (C=O) groups is 3. The van der Waals surface area contributed by atoms with Crippen molar-refractivity contribution in [3.63, 3.8) is 0 Å². The van der Waals surface area contributed by atoms with Gasteiger partial charge in [0.1, 0.15) is 11.8 Å². The van der Waals surface area contributed by atoms with Gasteiger partial charge in [-0.2, -0.15) is 0 Å². The first-order valence-electron chi connectivity index (χ1n) is 6.00. The molecular weight excluding hydrogens is 296 g/mol. The smallest absolute Gasteiger partial charge is 0.342 e. The quantitative estimate of drug-likeness (QED) is 0.666. The molecule has 1 aromatic heterocycles. The van der Waals surface area contributed by atoms with E-state index in [2.05, 4.69) is 0 Å². The van der Waals surface area contributed by atoms with E-state index in [1.54, 1.807) is 0 Å². The zero-order valence-electron chi connectivity index (χ0n) is 11.5. The predicted molar refractivity (Wildman–Crippen MR) is 72.1 cm³/mol. The Balaban J connectivity index is 2.78. The molecule has 0 aliphatic rings. The van der Waals surface area contributed by atoms with Crippen LogP contribution in [-0.4, -0.2) is 23.0 Å². The van der Waals surface area contributed by atoms with Crippen molar-refractivity contribution in [2.24, 2.45) is 0 Å². The Morgan fingerprint density at radius 1 is 1.09 bits per heavy atom. The molecule has 0 radical (unpaired) electrons. The van der Waals surface area contributed by atoms with Gasteiger partial charge in [-0.25, -0.2) is 4.79 Å². The highest BCUT2D eigenvalue weighted by molar-refractivity contribution is 5.94. The van der Waals surface area contributed by atoms with Crippen LogP contribution < -0.4 is 14.9 Å². The van der Waals surface area contributed by atoms with Crippen molar-refractivity contribution in [1.82, 2.24) is 0 Å². The number of benzene rings is 1. The lowest BCUT2D eigenvalue weighted by Gasteiger charge is -2.10. The highest BCUT2D eigenvalue weighted by atomic mass is 16.6. The van der Waals surface area contributed by atoms with Gasteiger partial charge in [0, 0.05) is 13.8 Å². The minimum atomic E-state index is -1.45. The third-order valence-electron chi connectivity index (χ3n) is 2.59. The van der Waals surface area contributed by atoms with E-state index >= 15 is 0 Å². The van der Waals surface area contributed by atoms with E-state index in [0.29, 0.717) is 0 Å². The summed E-state index contributed by atoms with van der Waals surface area (Å²) >= 11 is 0. The van der Waals surface area contributed by atoms with Crippen LogP contribution in [0, 0.1) is 0 Å². The highest BCUT2D eigenvalue weighted by Gasteiger charge is 2.21. The summed E-state index contributed by atoms with van der Waals surface area (Å²) in [6, 6.07) is 2.43. The molecule has 2 rings (SSSR count). The molecule has 0 fully saturated rings. The lowest BCUT2D eigenvalue weighted by molar-refractivity contribution is -0.134. The Labute approximate surface area is 122 Å². The number of esters is 2. The molecule has 8 heteroatoms. The first-order chi connectivity index (χ1) is 10.3. The number of hydrogen-bond donors (Lipinski definition) is 1. The molecule has 114 valence electrons. The number of rotatable bonds is 3. The predicted octanol–water partition coefficient (Wildman–Crippen LogP) is 1.34. The molecule has 0 saturated carbocycles. The molecule has 1 aromatic carbocycles. The highest BCUT2D eigenvalue weighted by Crippen LogP contribution is 2.35. The minimum absolute atomic E-state index is 0.118. The van der Waals surface area contributed by atoms with Crippen molar-refractivity contribution in [1.29, 1.82) is 0 Å². The summed E-state index contributed by atoms with van der Waals surface area (Å²) in [6.07, 6.45) is 0.734. The van der Waals surface area contributed by atoms with Crippen LogP contribution in [0.5, 0.6) is 11.5 Å². The van der Waals surface area contributed by atoms with Crippen molar-refractivity contribution in [2.45, 2.75) is 13.8 Å². The first-order valence-corrected chi connectivity index (χ1v) is 6.00. The fourth-order valence-corrected chi connectivity index (χ4v) is 1.78. The number of carboxylic acids is 1. The molecule has 0 bridgehead atoms. The van der Waals surface area contributed by atoms with Crippen LogP contribution in [-0.2, 0) is 9.59 Å². The Kier molecular flexibility index (Phi) is 3.93. The van der Waals surface area contributed by atoms with Gasteiger partial charge in [0.25, 0.3) is 0 Å². The molecule has 1 heterocycles. The average Bonchev–Trinajstić information content (AvgIpc) is 2.40. The van der Waals surface area contributed by atoms with E-state index < -0.39 is 28.9 Å². The Morgan fingerprint density at radius 2 is 1.73 bits per heavy atom. The van der Waals surface area contributed by atoms with Gasteiger partial charge < -0.3 is 19.0 Å². The molecular formula is C14H10O8. The number of ether oxygens (including phenoxy) is 2. The van der Waals surface area contributed by atoms with Crippen LogP contribution in [0.15, 0.2) is 27.6 Å². The lowest BCUT2D eigenvalue weighted by atomic mass is 10.1. The maximum atomic E-state index is 12.1. The van der Waals surface area contributed by atoms with Crippen LogP contribution in [0.2, 0.25) is 0 Å². The van der Waals surface area contributed by atoms with Crippen molar-refractivity contribution in [3.8, 4) is 11.5 Å². The van der Waals surface area contributed by atoms with Crippen molar-refractivity contribution >= 4 is 28.9 Å². The maximum absolute atomic E-state index is 12.1. The van der Waals surface area contributed by atoms with Gasteiger partial charge in [0.2, 0.25) is 11.2 Å². The van der Waals surface area contributed by atoms with E-state index in [0.717, 1.165) is 20.1 Å². The molecule has 0 saturated heterocycles. The fourth-order valence-electron chi connectivity index (χ4n) is 1.78.